The molecular weight excluding hydrogens is 198 g/mol. The molecule has 0 N–H and O–H groups in total. The molecule has 0 saturated carbocycles. The van der Waals surface area contributed by atoms with E-state index >= 15 is 0 Å². The van der Waals surface area contributed by atoms with E-state index in [0.717, 1.165) is 31.9 Å². The van der Waals surface area contributed by atoms with Crippen molar-refractivity contribution in [3.8, 4) is 11.8 Å². The van der Waals surface area contributed by atoms with Gasteiger partial charge in [0.1, 0.15) is 6.73 Å². The molecule has 1 aromatic carbocycles. The maximum atomic E-state index is 5.42. The summed E-state index contributed by atoms with van der Waals surface area (Å²) >= 11 is 0. The van der Waals surface area contributed by atoms with E-state index in [4.69, 9.17) is 4.74 Å². The lowest BCUT2D eigenvalue weighted by molar-refractivity contribution is 0.147. The Bertz CT molecular complexity index is 377. The molecule has 0 aromatic heterocycles. The summed E-state index contributed by atoms with van der Waals surface area (Å²) in [4.78, 5) is 2.29. The van der Waals surface area contributed by atoms with Gasteiger partial charge in [0.2, 0.25) is 0 Å². The molecule has 1 saturated heterocycles. The molecule has 0 amide bonds. The molecule has 1 heterocycles. The van der Waals surface area contributed by atoms with E-state index in [2.05, 4.69) is 23.7 Å². The maximum absolute atomic E-state index is 5.42. The Hall–Kier alpha value is -1.30. The van der Waals surface area contributed by atoms with Crippen molar-refractivity contribution in [1.82, 2.24) is 4.90 Å². The van der Waals surface area contributed by atoms with Crippen LogP contribution in [0.1, 0.15) is 18.9 Å². The van der Waals surface area contributed by atoms with Gasteiger partial charge in [-0.05, 0) is 18.6 Å². The molecule has 2 nitrogen and oxygen atoms in total. The van der Waals surface area contributed by atoms with E-state index in [-0.39, 0.29) is 0 Å². The molecule has 0 aliphatic carbocycles. The number of benzene rings is 1. The molecule has 2 heteroatoms. The van der Waals surface area contributed by atoms with E-state index in [0.29, 0.717) is 6.04 Å². The highest BCUT2D eigenvalue weighted by Gasteiger charge is 2.21. The minimum Gasteiger partial charge on any atom is -0.364 e. The van der Waals surface area contributed by atoms with Crippen LogP contribution in [0, 0.1) is 11.8 Å². The van der Waals surface area contributed by atoms with E-state index in [1.54, 1.807) is 0 Å². The van der Waals surface area contributed by atoms with Crippen LogP contribution in [0.3, 0.4) is 0 Å². The Morgan fingerprint density at radius 1 is 1.38 bits per heavy atom. The predicted molar refractivity (Wildman–Crippen MR) is 64.9 cm³/mol. The third-order valence-electron chi connectivity index (χ3n) is 2.84. The first-order valence-electron chi connectivity index (χ1n) is 5.76. The van der Waals surface area contributed by atoms with Gasteiger partial charge in [-0.15, -0.1) is 0 Å². The normalized spacial score (nSPS) is 20.4. The van der Waals surface area contributed by atoms with Crippen LogP contribution in [0.5, 0.6) is 0 Å². The van der Waals surface area contributed by atoms with Gasteiger partial charge in [0, 0.05) is 11.6 Å². The van der Waals surface area contributed by atoms with Gasteiger partial charge in [0.05, 0.1) is 13.2 Å². The first-order valence-corrected chi connectivity index (χ1v) is 5.76. The quantitative estimate of drug-likeness (QED) is 0.701. The smallest absolute Gasteiger partial charge is 0.100 e. The summed E-state index contributed by atoms with van der Waals surface area (Å²) in [5.74, 6) is 6.37. The molecule has 0 unspecified atom stereocenters. The van der Waals surface area contributed by atoms with Crippen LogP contribution >= 0.6 is 0 Å². The second-order valence-electron chi connectivity index (χ2n) is 3.98. The molecule has 84 valence electrons. The Morgan fingerprint density at radius 2 is 2.19 bits per heavy atom. The molecule has 16 heavy (non-hydrogen) atoms. The molecule has 1 fully saturated rings. The minimum absolute atomic E-state index is 0.546. The topological polar surface area (TPSA) is 12.5 Å². The first kappa shape index (κ1) is 11.2. The van der Waals surface area contributed by atoms with Crippen LogP contribution in [0.2, 0.25) is 0 Å². The van der Waals surface area contributed by atoms with Gasteiger partial charge < -0.3 is 4.74 Å². The monoisotopic (exact) mass is 215 g/mol. The average Bonchev–Trinajstić information content (AvgIpc) is 2.78. The fraction of sp³-hybridized carbons (Fsp3) is 0.429. The van der Waals surface area contributed by atoms with Gasteiger partial charge in [-0.25, -0.2) is 0 Å². The van der Waals surface area contributed by atoms with Crippen LogP contribution in [-0.2, 0) is 4.74 Å². The van der Waals surface area contributed by atoms with E-state index < -0.39 is 0 Å². The zero-order valence-electron chi connectivity index (χ0n) is 9.65. The van der Waals surface area contributed by atoms with Crippen LogP contribution in [-0.4, -0.2) is 30.8 Å². The summed E-state index contributed by atoms with van der Waals surface area (Å²) in [6.45, 7) is 4.57. The molecule has 1 aromatic rings. The standard InChI is InChI=1S/C14H17NO/c1-2-14-11-16-12-15(14)10-6-9-13-7-4-3-5-8-13/h3-5,7-8,14H,2,10-12H2,1H3/t14-/m1/s1. The van der Waals surface area contributed by atoms with Crippen molar-refractivity contribution in [2.45, 2.75) is 19.4 Å². The van der Waals surface area contributed by atoms with Crippen LogP contribution in [0.25, 0.3) is 0 Å². The summed E-state index contributed by atoms with van der Waals surface area (Å²) in [7, 11) is 0. The van der Waals surface area contributed by atoms with Crippen molar-refractivity contribution in [3.63, 3.8) is 0 Å². The van der Waals surface area contributed by atoms with Gasteiger partial charge in [-0.2, -0.15) is 0 Å². The molecule has 2 rings (SSSR count). The number of hydrogen-bond donors (Lipinski definition) is 0. The molecule has 0 spiro atoms. The summed E-state index contributed by atoms with van der Waals surface area (Å²) in [6.07, 6.45) is 1.13. The lowest BCUT2D eigenvalue weighted by Gasteiger charge is -2.17. The summed E-state index contributed by atoms with van der Waals surface area (Å²) < 4.78 is 5.42. The molecular formula is C14H17NO. The SMILES string of the molecule is CC[C@@H]1COCN1CC#Cc1ccccc1. The van der Waals surface area contributed by atoms with Crippen molar-refractivity contribution in [2.24, 2.45) is 0 Å². The lowest BCUT2D eigenvalue weighted by atomic mass is 10.2. The highest BCUT2D eigenvalue weighted by molar-refractivity contribution is 5.33. The van der Waals surface area contributed by atoms with Crippen molar-refractivity contribution in [2.75, 3.05) is 19.9 Å². The Kier molecular flexibility index (Phi) is 3.98. The zero-order valence-corrected chi connectivity index (χ0v) is 9.65. The average molecular weight is 215 g/mol. The predicted octanol–water partition coefficient (Wildman–Crippen LogP) is 2.11. The Labute approximate surface area is 97.2 Å². The molecule has 0 bridgehead atoms. The van der Waals surface area contributed by atoms with Crippen LogP contribution < -0.4 is 0 Å². The summed E-state index contributed by atoms with van der Waals surface area (Å²) in [6, 6.07) is 10.6. The Morgan fingerprint density at radius 3 is 2.94 bits per heavy atom. The second kappa shape index (κ2) is 5.69. The van der Waals surface area contributed by atoms with Gasteiger partial charge in [-0.1, -0.05) is 37.0 Å². The lowest BCUT2D eigenvalue weighted by Crippen LogP contribution is -2.30. The number of rotatable bonds is 2. The zero-order chi connectivity index (χ0) is 11.2. The van der Waals surface area contributed by atoms with Crippen LogP contribution in [0.4, 0.5) is 0 Å². The van der Waals surface area contributed by atoms with Crippen molar-refractivity contribution >= 4 is 0 Å². The number of nitrogens with zero attached hydrogens (tertiary/aromatic N) is 1. The van der Waals surface area contributed by atoms with Crippen molar-refractivity contribution in [1.29, 1.82) is 0 Å². The van der Waals surface area contributed by atoms with E-state index in [1.165, 1.54) is 0 Å². The molecule has 1 aliphatic rings. The second-order valence-corrected chi connectivity index (χ2v) is 3.98. The molecule has 0 radical (unpaired) electrons. The highest BCUT2D eigenvalue weighted by atomic mass is 16.5. The van der Waals surface area contributed by atoms with Crippen molar-refractivity contribution < 1.29 is 4.74 Å². The minimum atomic E-state index is 0.546. The largest absolute Gasteiger partial charge is 0.364 e. The van der Waals surface area contributed by atoms with Gasteiger partial charge in [0.15, 0.2) is 0 Å². The third kappa shape index (κ3) is 2.85. The molecule has 1 atom stereocenters. The van der Waals surface area contributed by atoms with Crippen molar-refractivity contribution in [3.05, 3.63) is 35.9 Å². The summed E-state index contributed by atoms with van der Waals surface area (Å²) in [5.41, 5.74) is 1.08. The first-order chi connectivity index (χ1) is 7.90. The molecule has 1 aliphatic heterocycles. The summed E-state index contributed by atoms with van der Waals surface area (Å²) in [5, 5.41) is 0. The Balaban J connectivity index is 1.90. The van der Waals surface area contributed by atoms with Gasteiger partial charge >= 0.3 is 0 Å². The van der Waals surface area contributed by atoms with Gasteiger partial charge in [0.25, 0.3) is 0 Å². The van der Waals surface area contributed by atoms with E-state index in [1.807, 2.05) is 30.3 Å². The fourth-order valence-electron chi connectivity index (χ4n) is 1.83. The highest BCUT2D eigenvalue weighted by Crippen LogP contribution is 2.11. The number of hydrogen-bond acceptors (Lipinski definition) is 2. The number of ether oxygens (including phenoxy) is 1. The third-order valence-corrected chi connectivity index (χ3v) is 2.84. The van der Waals surface area contributed by atoms with Crippen LogP contribution in [0.15, 0.2) is 30.3 Å². The fourth-order valence-corrected chi connectivity index (χ4v) is 1.83. The maximum Gasteiger partial charge on any atom is 0.100 e. The van der Waals surface area contributed by atoms with E-state index in [9.17, 15) is 0 Å². The van der Waals surface area contributed by atoms with Gasteiger partial charge in [-0.3, -0.25) is 4.90 Å².